The van der Waals surface area contributed by atoms with Crippen molar-refractivity contribution < 1.29 is 13.5 Å². The highest BCUT2D eigenvalue weighted by Crippen LogP contribution is 2.27. The molecule has 0 unspecified atom stereocenters. The van der Waals surface area contributed by atoms with E-state index in [4.69, 9.17) is 4.74 Å². The van der Waals surface area contributed by atoms with Gasteiger partial charge in [-0.25, -0.2) is 13.8 Å². The van der Waals surface area contributed by atoms with Crippen LogP contribution in [0.2, 0.25) is 0 Å². The van der Waals surface area contributed by atoms with Gasteiger partial charge in [-0.05, 0) is 47.1 Å². The lowest BCUT2D eigenvalue weighted by atomic mass is 10.2. The first kappa shape index (κ1) is 15.9. The largest absolute Gasteiger partial charge is 0.439 e. The highest BCUT2D eigenvalue weighted by atomic mass is 79.9. The summed E-state index contributed by atoms with van der Waals surface area (Å²) in [5.41, 5.74) is 0.590. The molecule has 6 heteroatoms. The Kier molecular flexibility index (Phi) is 5.64. The van der Waals surface area contributed by atoms with Gasteiger partial charge in [-0.2, -0.15) is 0 Å². The molecule has 112 valence electrons. The van der Waals surface area contributed by atoms with Crippen LogP contribution >= 0.6 is 15.9 Å². The first-order chi connectivity index (χ1) is 10.1. The third kappa shape index (κ3) is 4.47. The standard InChI is InChI=1S/C15H15BrF2N2O/c1-2-5-19-8-10-6-11(17)9-20-15(10)21-12-3-4-13(16)14(18)7-12/h3-4,6-7,9,19H,2,5,8H2,1H3. The Morgan fingerprint density at radius 3 is 2.81 bits per heavy atom. The zero-order chi connectivity index (χ0) is 15.2. The lowest BCUT2D eigenvalue weighted by Gasteiger charge is -2.11. The van der Waals surface area contributed by atoms with E-state index in [0.29, 0.717) is 22.3 Å². The summed E-state index contributed by atoms with van der Waals surface area (Å²) in [6.07, 6.45) is 2.05. The van der Waals surface area contributed by atoms with Crippen LogP contribution < -0.4 is 10.1 Å². The molecular weight excluding hydrogens is 342 g/mol. The van der Waals surface area contributed by atoms with Crippen LogP contribution in [0.25, 0.3) is 0 Å². The molecule has 0 atom stereocenters. The van der Waals surface area contributed by atoms with E-state index >= 15 is 0 Å². The normalized spacial score (nSPS) is 10.7. The fraction of sp³-hybridized carbons (Fsp3) is 0.267. The zero-order valence-electron chi connectivity index (χ0n) is 11.5. The molecule has 0 radical (unpaired) electrons. The minimum Gasteiger partial charge on any atom is -0.439 e. The van der Waals surface area contributed by atoms with E-state index < -0.39 is 11.6 Å². The average molecular weight is 357 g/mol. The van der Waals surface area contributed by atoms with Gasteiger partial charge in [-0.15, -0.1) is 0 Å². The molecule has 0 bridgehead atoms. The van der Waals surface area contributed by atoms with Crippen LogP contribution in [0.3, 0.4) is 0 Å². The van der Waals surface area contributed by atoms with Crippen molar-refractivity contribution >= 4 is 15.9 Å². The second-order valence-corrected chi connectivity index (χ2v) is 5.33. The number of nitrogens with zero attached hydrogens (tertiary/aromatic N) is 1. The summed E-state index contributed by atoms with van der Waals surface area (Å²) in [6, 6.07) is 5.77. The predicted molar refractivity (Wildman–Crippen MR) is 80.4 cm³/mol. The van der Waals surface area contributed by atoms with E-state index in [1.165, 1.54) is 12.1 Å². The van der Waals surface area contributed by atoms with Gasteiger partial charge in [0.1, 0.15) is 17.4 Å². The molecule has 0 amide bonds. The molecule has 0 aliphatic rings. The molecule has 0 spiro atoms. The number of nitrogens with one attached hydrogen (secondary N) is 1. The van der Waals surface area contributed by atoms with Gasteiger partial charge >= 0.3 is 0 Å². The summed E-state index contributed by atoms with van der Waals surface area (Å²) in [7, 11) is 0. The van der Waals surface area contributed by atoms with E-state index in [0.717, 1.165) is 19.2 Å². The smallest absolute Gasteiger partial charge is 0.223 e. The quantitative estimate of drug-likeness (QED) is 0.778. The van der Waals surface area contributed by atoms with E-state index in [9.17, 15) is 8.78 Å². The van der Waals surface area contributed by atoms with Crippen molar-refractivity contribution in [3.8, 4) is 11.6 Å². The summed E-state index contributed by atoms with van der Waals surface area (Å²) in [6.45, 7) is 3.29. The Bertz CT molecular complexity index is 623. The van der Waals surface area contributed by atoms with Gasteiger partial charge in [0.05, 0.1) is 10.7 Å². The number of hydrogen-bond acceptors (Lipinski definition) is 3. The van der Waals surface area contributed by atoms with E-state index in [-0.39, 0.29) is 5.88 Å². The summed E-state index contributed by atoms with van der Waals surface area (Å²) in [4.78, 5) is 3.93. The molecule has 1 N–H and O–H groups in total. The number of ether oxygens (including phenoxy) is 1. The highest BCUT2D eigenvalue weighted by molar-refractivity contribution is 9.10. The van der Waals surface area contributed by atoms with Crippen molar-refractivity contribution in [1.29, 1.82) is 0 Å². The summed E-state index contributed by atoms with van der Waals surface area (Å²) in [5, 5.41) is 3.16. The van der Waals surface area contributed by atoms with Crippen molar-refractivity contribution in [2.45, 2.75) is 19.9 Å². The minimum atomic E-state index is -0.433. The fourth-order valence-electron chi connectivity index (χ4n) is 1.74. The van der Waals surface area contributed by atoms with Crippen LogP contribution in [0.5, 0.6) is 11.6 Å². The van der Waals surface area contributed by atoms with Gasteiger partial charge in [-0.3, -0.25) is 0 Å². The van der Waals surface area contributed by atoms with Crippen molar-refractivity contribution in [3.05, 3.63) is 52.1 Å². The monoisotopic (exact) mass is 356 g/mol. The summed E-state index contributed by atoms with van der Waals surface area (Å²) in [5.74, 6) is -0.286. The Morgan fingerprint density at radius 2 is 2.10 bits per heavy atom. The van der Waals surface area contributed by atoms with Gasteiger partial charge in [-0.1, -0.05) is 6.92 Å². The number of hydrogen-bond donors (Lipinski definition) is 1. The molecule has 0 aliphatic heterocycles. The van der Waals surface area contributed by atoms with Crippen molar-refractivity contribution in [3.63, 3.8) is 0 Å². The van der Waals surface area contributed by atoms with E-state index in [1.54, 1.807) is 12.1 Å². The third-order valence-corrected chi connectivity index (χ3v) is 3.38. The molecule has 0 fully saturated rings. The highest BCUT2D eigenvalue weighted by Gasteiger charge is 2.10. The van der Waals surface area contributed by atoms with Crippen LogP contribution in [0.1, 0.15) is 18.9 Å². The maximum atomic E-state index is 13.5. The molecule has 1 heterocycles. The summed E-state index contributed by atoms with van der Waals surface area (Å²) < 4.78 is 32.7. The number of pyridine rings is 1. The van der Waals surface area contributed by atoms with Crippen LogP contribution in [0.15, 0.2) is 34.9 Å². The SMILES string of the molecule is CCCNCc1cc(F)cnc1Oc1ccc(Br)c(F)c1. The molecule has 1 aromatic carbocycles. The molecule has 0 saturated heterocycles. The molecule has 2 aromatic rings. The zero-order valence-corrected chi connectivity index (χ0v) is 13.1. The molecule has 0 aliphatic carbocycles. The van der Waals surface area contributed by atoms with E-state index in [2.05, 4.69) is 26.2 Å². The Balaban J connectivity index is 2.19. The third-order valence-electron chi connectivity index (χ3n) is 2.74. The van der Waals surface area contributed by atoms with Crippen LogP contribution in [0, 0.1) is 11.6 Å². The molecule has 3 nitrogen and oxygen atoms in total. The number of halogens is 3. The predicted octanol–water partition coefficient (Wildman–Crippen LogP) is 4.41. The number of rotatable bonds is 6. The number of benzene rings is 1. The first-order valence-electron chi connectivity index (χ1n) is 6.58. The molecule has 21 heavy (non-hydrogen) atoms. The maximum absolute atomic E-state index is 13.5. The Morgan fingerprint density at radius 1 is 1.29 bits per heavy atom. The van der Waals surface area contributed by atoms with Crippen LogP contribution in [-0.2, 0) is 6.54 Å². The van der Waals surface area contributed by atoms with Gasteiger partial charge in [0, 0.05) is 18.2 Å². The van der Waals surface area contributed by atoms with Crippen LogP contribution in [-0.4, -0.2) is 11.5 Å². The van der Waals surface area contributed by atoms with Crippen LogP contribution in [0.4, 0.5) is 8.78 Å². The second kappa shape index (κ2) is 7.47. The van der Waals surface area contributed by atoms with E-state index in [1.807, 2.05) is 6.92 Å². The van der Waals surface area contributed by atoms with Gasteiger partial charge < -0.3 is 10.1 Å². The van der Waals surface area contributed by atoms with Crippen molar-refractivity contribution in [1.82, 2.24) is 10.3 Å². The van der Waals surface area contributed by atoms with Gasteiger partial charge in [0.15, 0.2) is 0 Å². The average Bonchev–Trinajstić information content (AvgIpc) is 2.46. The lowest BCUT2D eigenvalue weighted by Crippen LogP contribution is -2.15. The number of aromatic nitrogens is 1. The van der Waals surface area contributed by atoms with Gasteiger partial charge in [0.25, 0.3) is 0 Å². The molecule has 0 saturated carbocycles. The maximum Gasteiger partial charge on any atom is 0.223 e. The second-order valence-electron chi connectivity index (χ2n) is 4.47. The summed E-state index contributed by atoms with van der Waals surface area (Å²) >= 11 is 3.08. The van der Waals surface area contributed by atoms with Crippen molar-refractivity contribution in [2.75, 3.05) is 6.54 Å². The molecular formula is C15H15BrF2N2O. The lowest BCUT2D eigenvalue weighted by molar-refractivity contribution is 0.444. The minimum absolute atomic E-state index is 0.265. The van der Waals surface area contributed by atoms with Crippen molar-refractivity contribution in [2.24, 2.45) is 0 Å². The molecule has 1 aromatic heterocycles. The Hall–Kier alpha value is -1.53. The first-order valence-corrected chi connectivity index (χ1v) is 7.37. The molecule has 2 rings (SSSR count). The van der Waals surface area contributed by atoms with Gasteiger partial charge in [0.2, 0.25) is 5.88 Å². The Labute approximate surface area is 130 Å². The topological polar surface area (TPSA) is 34.2 Å². The fourth-order valence-corrected chi connectivity index (χ4v) is 1.99.